The fraction of sp³-hybridized carbons (Fsp3) is 0.588. The fourth-order valence-electron chi connectivity index (χ4n) is 5.70. The summed E-state index contributed by atoms with van der Waals surface area (Å²) >= 11 is 0. The molecule has 0 N–H and O–H groups in total. The third-order valence-electron chi connectivity index (χ3n) is 6.22. The number of rotatable bonds is 0. The Morgan fingerprint density at radius 2 is 1.39 bits per heavy atom. The van der Waals surface area contributed by atoms with Gasteiger partial charge in [-0.1, -0.05) is 35.5 Å². The lowest BCUT2D eigenvalue weighted by Crippen LogP contribution is -2.36. The fourth-order valence-corrected chi connectivity index (χ4v) is 5.70. The minimum Gasteiger partial charge on any atom is -0.298 e. The van der Waals surface area contributed by atoms with Crippen LogP contribution in [0.15, 0.2) is 35.5 Å². The Labute approximate surface area is 108 Å². The lowest BCUT2D eigenvalue weighted by atomic mass is 9.68. The van der Waals surface area contributed by atoms with E-state index in [4.69, 9.17) is 0 Å². The number of carbonyl (C=O) groups is 1. The zero-order valence-electron chi connectivity index (χ0n) is 10.5. The number of hydrogen-bond acceptors (Lipinski definition) is 1. The Kier molecular flexibility index (Phi) is 1.67. The van der Waals surface area contributed by atoms with E-state index in [2.05, 4.69) is 24.3 Å². The first kappa shape index (κ1) is 9.77. The van der Waals surface area contributed by atoms with Crippen LogP contribution in [0.5, 0.6) is 0 Å². The SMILES string of the molecule is O=C1[C@H]2C=CC=C[C@H]1[C@H]1C[C@H]2C2=C1[C@H]1CC[C@H]2C1. The van der Waals surface area contributed by atoms with Gasteiger partial charge in [0.2, 0.25) is 0 Å². The molecule has 0 aliphatic heterocycles. The van der Waals surface area contributed by atoms with E-state index in [1.54, 1.807) is 11.1 Å². The van der Waals surface area contributed by atoms with Crippen molar-refractivity contribution in [2.75, 3.05) is 0 Å². The van der Waals surface area contributed by atoms with Crippen LogP contribution in [-0.4, -0.2) is 5.78 Å². The standard InChI is InChI=1S/C17H18O/c18-17-11-3-1-2-4-12(17)14-8-13(11)15-9-5-6-10(7-9)16(14)15/h1-4,9-14H,5-8H2/t9-,10-,11-,12-,13+,14+/m0/s1. The summed E-state index contributed by atoms with van der Waals surface area (Å²) in [6.45, 7) is 0. The second-order valence-electron chi connectivity index (χ2n) is 6.79. The normalized spacial score (nSPS) is 51.0. The second-order valence-corrected chi connectivity index (χ2v) is 6.79. The van der Waals surface area contributed by atoms with Crippen molar-refractivity contribution in [1.29, 1.82) is 0 Å². The molecule has 2 fully saturated rings. The molecule has 5 rings (SSSR count). The minimum atomic E-state index is 0.202. The van der Waals surface area contributed by atoms with Crippen molar-refractivity contribution in [1.82, 2.24) is 0 Å². The predicted octanol–water partition coefficient (Wildman–Crippen LogP) is 3.29. The molecule has 1 heteroatoms. The molecule has 5 aliphatic rings. The number of ketones is 1. The van der Waals surface area contributed by atoms with E-state index in [1.807, 2.05) is 0 Å². The zero-order chi connectivity index (χ0) is 11.9. The van der Waals surface area contributed by atoms with Crippen molar-refractivity contribution in [3.05, 3.63) is 35.5 Å². The number of fused-ring (bicyclic) bond motifs is 12. The van der Waals surface area contributed by atoms with E-state index < -0.39 is 0 Å². The molecule has 1 nitrogen and oxygen atoms in total. The van der Waals surface area contributed by atoms with Crippen molar-refractivity contribution < 1.29 is 4.79 Å². The summed E-state index contributed by atoms with van der Waals surface area (Å²) in [5.74, 6) is 3.79. The molecule has 6 bridgehead atoms. The molecular weight excluding hydrogens is 220 g/mol. The van der Waals surface area contributed by atoms with Gasteiger partial charge in [-0.15, -0.1) is 0 Å². The third kappa shape index (κ3) is 0.953. The van der Waals surface area contributed by atoms with Gasteiger partial charge in [-0.05, 0) is 49.4 Å². The van der Waals surface area contributed by atoms with Gasteiger partial charge >= 0.3 is 0 Å². The topological polar surface area (TPSA) is 17.1 Å². The molecule has 0 amide bonds. The highest BCUT2D eigenvalue weighted by Crippen LogP contribution is 2.64. The Hall–Kier alpha value is -1.11. The van der Waals surface area contributed by atoms with Crippen molar-refractivity contribution in [2.24, 2.45) is 35.5 Å². The number of hydrogen-bond donors (Lipinski definition) is 0. The highest BCUT2D eigenvalue weighted by molar-refractivity contribution is 5.90. The van der Waals surface area contributed by atoms with Crippen LogP contribution in [-0.2, 0) is 4.79 Å². The zero-order valence-corrected chi connectivity index (χ0v) is 10.5. The van der Waals surface area contributed by atoms with Gasteiger partial charge in [-0.3, -0.25) is 4.79 Å². The molecule has 5 aliphatic carbocycles. The van der Waals surface area contributed by atoms with E-state index in [0.29, 0.717) is 17.6 Å². The Bertz CT molecular complexity index is 492. The summed E-state index contributed by atoms with van der Waals surface area (Å²) in [4.78, 5) is 12.6. The van der Waals surface area contributed by atoms with E-state index in [0.717, 1.165) is 11.8 Å². The molecule has 18 heavy (non-hydrogen) atoms. The molecule has 0 unspecified atom stereocenters. The molecule has 92 valence electrons. The minimum absolute atomic E-state index is 0.202. The lowest BCUT2D eigenvalue weighted by molar-refractivity contribution is -0.128. The van der Waals surface area contributed by atoms with E-state index in [9.17, 15) is 4.79 Å². The van der Waals surface area contributed by atoms with Crippen molar-refractivity contribution >= 4 is 5.78 Å². The molecule has 2 saturated carbocycles. The van der Waals surface area contributed by atoms with Gasteiger partial charge in [-0.25, -0.2) is 0 Å². The highest BCUT2D eigenvalue weighted by Gasteiger charge is 2.57. The Balaban J connectivity index is 1.72. The molecule has 0 heterocycles. The van der Waals surface area contributed by atoms with Gasteiger partial charge < -0.3 is 0 Å². The first-order valence-corrected chi connectivity index (χ1v) is 7.47. The summed E-state index contributed by atoms with van der Waals surface area (Å²) in [7, 11) is 0. The van der Waals surface area contributed by atoms with Crippen LogP contribution in [0.1, 0.15) is 25.7 Å². The summed E-state index contributed by atoms with van der Waals surface area (Å²) in [6.07, 6.45) is 14.1. The average molecular weight is 238 g/mol. The lowest BCUT2D eigenvalue weighted by Gasteiger charge is -2.34. The van der Waals surface area contributed by atoms with E-state index in [-0.39, 0.29) is 11.8 Å². The number of allylic oxidation sites excluding steroid dienone is 6. The first-order valence-electron chi connectivity index (χ1n) is 7.47. The maximum atomic E-state index is 12.6. The van der Waals surface area contributed by atoms with Crippen LogP contribution in [0, 0.1) is 35.5 Å². The maximum absolute atomic E-state index is 12.6. The smallest absolute Gasteiger partial charge is 0.147 e. The summed E-state index contributed by atoms with van der Waals surface area (Å²) in [6, 6.07) is 0. The largest absolute Gasteiger partial charge is 0.298 e. The predicted molar refractivity (Wildman–Crippen MR) is 69.7 cm³/mol. The van der Waals surface area contributed by atoms with Crippen LogP contribution < -0.4 is 0 Å². The monoisotopic (exact) mass is 238 g/mol. The van der Waals surface area contributed by atoms with Crippen molar-refractivity contribution in [3.8, 4) is 0 Å². The first-order chi connectivity index (χ1) is 8.84. The van der Waals surface area contributed by atoms with Gasteiger partial charge in [0, 0.05) is 11.8 Å². The number of Topliss-reactive ketones (excluding diaryl/α,β-unsaturated/α-hetero) is 1. The van der Waals surface area contributed by atoms with E-state index >= 15 is 0 Å². The summed E-state index contributed by atoms with van der Waals surface area (Å²) < 4.78 is 0. The van der Waals surface area contributed by atoms with Crippen molar-refractivity contribution in [2.45, 2.75) is 25.7 Å². The quantitative estimate of drug-likeness (QED) is 0.467. The van der Waals surface area contributed by atoms with E-state index in [1.165, 1.54) is 25.7 Å². The van der Waals surface area contributed by atoms with Gasteiger partial charge in [-0.2, -0.15) is 0 Å². The molecule has 0 spiro atoms. The van der Waals surface area contributed by atoms with Gasteiger partial charge in [0.25, 0.3) is 0 Å². The molecule has 0 radical (unpaired) electrons. The highest BCUT2D eigenvalue weighted by atomic mass is 16.1. The Morgan fingerprint density at radius 1 is 0.833 bits per heavy atom. The molecule has 0 aromatic heterocycles. The maximum Gasteiger partial charge on any atom is 0.147 e. The summed E-state index contributed by atoms with van der Waals surface area (Å²) in [5, 5.41) is 0. The van der Waals surface area contributed by atoms with Gasteiger partial charge in [0.15, 0.2) is 0 Å². The molecule has 0 saturated heterocycles. The van der Waals surface area contributed by atoms with Crippen LogP contribution in [0.2, 0.25) is 0 Å². The van der Waals surface area contributed by atoms with Crippen LogP contribution >= 0.6 is 0 Å². The van der Waals surface area contributed by atoms with Crippen LogP contribution in [0.25, 0.3) is 0 Å². The molecule has 0 aromatic carbocycles. The molecule has 6 atom stereocenters. The van der Waals surface area contributed by atoms with Crippen LogP contribution in [0.4, 0.5) is 0 Å². The average Bonchev–Trinajstić information content (AvgIpc) is 3.03. The van der Waals surface area contributed by atoms with Gasteiger partial charge in [0.05, 0.1) is 0 Å². The second kappa shape index (κ2) is 3.07. The number of carbonyl (C=O) groups excluding carboxylic acids is 1. The van der Waals surface area contributed by atoms with Crippen LogP contribution in [0.3, 0.4) is 0 Å². The molecule has 0 aromatic rings. The van der Waals surface area contributed by atoms with Gasteiger partial charge in [0.1, 0.15) is 5.78 Å². The van der Waals surface area contributed by atoms with Crippen molar-refractivity contribution in [3.63, 3.8) is 0 Å². The summed E-state index contributed by atoms with van der Waals surface area (Å²) in [5.41, 5.74) is 3.52. The third-order valence-corrected chi connectivity index (χ3v) is 6.22. The Morgan fingerprint density at radius 3 is 1.94 bits per heavy atom. The molecular formula is C17H18O.